The van der Waals surface area contributed by atoms with Crippen LogP contribution < -0.4 is 0 Å². The van der Waals surface area contributed by atoms with Crippen molar-refractivity contribution in [3.63, 3.8) is 0 Å². The highest BCUT2D eigenvalue weighted by molar-refractivity contribution is 5.69. The van der Waals surface area contributed by atoms with Crippen LogP contribution in [-0.2, 0) is 34.1 Å². The maximum absolute atomic E-state index is 11.7. The van der Waals surface area contributed by atoms with Gasteiger partial charge in [0.15, 0.2) is 0 Å². The van der Waals surface area contributed by atoms with Crippen molar-refractivity contribution in [2.24, 2.45) is 0 Å². The molecule has 6 nitrogen and oxygen atoms in total. The minimum Gasteiger partial charge on any atom is -0.463 e. The van der Waals surface area contributed by atoms with E-state index in [1.165, 1.54) is 19.3 Å². The zero-order valence-corrected chi connectivity index (χ0v) is 24.5. The fourth-order valence-corrected chi connectivity index (χ4v) is 4.72. The lowest BCUT2D eigenvalue weighted by atomic mass is 9.80. The van der Waals surface area contributed by atoms with E-state index >= 15 is 0 Å². The van der Waals surface area contributed by atoms with Crippen molar-refractivity contribution >= 4 is 5.97 Å². The lowest BCUT2D eigenvalue weighted by Crippen LogP contribution is -2.34. The lowest BCUT2D eigenvalue weighted by molar-refractivity contribution is -0.145. The summed E-state index contributed by atoms with van der Waals surface area (Å²) in [6, 6.07) is 30.9. The van der Waals surface area contributed by atoms with Crippen molar-refractivity contribution in [2.45, 2.75) is 51.0 Å². The Morgan fingerprint density at radius 3 is 1.41 bits per heavy atom. The van der Waals surface area contributed by atoms with Crippen molar-refractivity contribution in [1.29, 1.82) is 0 Å². The van der Waals surface area contributed by atoms with Crippen LogP contribution in [0.3, 0.4) is 0 Å². The SMILES string of the molecule is CCCCCCCC(=O)OCCOCCOCCOCCOC(c1ccccc1)(c1ccccc1)c1ccccc1. The number of hydrogen-bond donors (Lipinski definition) is 0. The largest absolute Gasteiger partial charge is 0.463 e. The Labute approximate surface area is 245 Å². The number of rotatable bonds is 22. The van der Waals surface area contributed by atoms with Crippen LogP contribution in [0.1, 0.15) is 62.1 Å². The summed E-state index contributed by atoms with van der Waals surface area (Å²) in [4.78, 5) is 11.7. The molecule has 0 radical (unpaired) electrons. The average Bonchev–Trinajstić information content (AvgIpc) is 3.02. The van der Waals surface area contributed by atoms with Gasteiger partial charge in [0.25, 0.3) is 0 Å². The highest BCUT2D eigenvalue weighted by Gasteiger charge is 2.37. The molecular formula is C35H46O6. The second-order valence-electron chi connectivity index (χ2n) is 9.85. The Bertz CT molecular complexity index is 961. The van der Waals surface area contributed by atoms with Crippen molar-refractivity contribution < 1.29 is 28.5 Å². The molecule has 0 heterocycles. The Hall–Kier alpha value is -3.03. The van der Waals surface area contributed by atoms with Gasteiger partial charge in [-0.05, 0) is 23.1 Å². The number of hydrogen-bond acceptors (Lipinski definition) is 6. The maximum Gasteiger partial charge on any atom is 0.305 e. The first-order valence-corrected chi connectivity index (χ1v) is 15.0. The lowest BCUT2D eigenvalue weighted by Gasteiger charge is -2.36. The molecular weight excluding hydrogens is 516 g/mol. The van der Waals surface area contributed by atoms with E-state index in [1.54, 1.807) is 0 Å². The van der Waals surface area contributed by atoms with E-state index in [2.05, 4.69) is 43.3 Å². The number of carbonyl (C=O) groups is 1. The number of unbranched alkanes of at least 4 members (excludes halogenated alkanes) is 4. The molecule has 3 aromatic rings. The van der Waals surface area contributed by atoms with Gasteiger partial charge < -0.3 is 23.7 Å². The number of ether oxygens (including phenoxy) is 5. The minimum atomic E-state index is -0.746. The molecule has 0 bridgehead atoms. The van der Waals surface area contributed by atoms with E-state index in [0.717, 1.165) is 29.5 Å². The summed E-state index contributed by atoms with van der Waals surface area (Å²) in [5.74, 6) is -0.143. The molecule has 0 aliphatic heterocycles. The first-order valence-electron chi connectivity index (χ1n) is 15.0. The van der Waals surface area contributed by atoms with E-state index in [-0.39, 0.29) is 12.6 Å². The summed E-state index contributed by atoms with van der Waals surface area (Å²) in [5, 5.41) is 0. The van der Waals surface area contributed by atoms with Crippen LogP contribution in [0.4, 0.5) is 0 Å². The van der Waals surface area contributed by atoms with Crippen LogP contribution in [0, 0.1) is 0 Å². The van der Waals surface area contributed by atoms with Gasteiger partial charge in [-0.25, -0.2) is 0 Å². The third kappa shape index (κ3) is 11.4. The minimum absolute atomic E-state index is 0.143. The molecule has 0 N–H and O–H groups in total. The third-order valence-corrected chi connectivity index (χ3v) is 6.81. The predicted octanol–water partition coefficient (Wildman–Crippen LogP) is 6.95. The monoisotopic (exact) mass is 562 g/mol. The normalized spacial score (nSPS) is 11.4. The van der Waals surface area contributed by atoms with Gasteiger partial charge in [0.1, 0.15) is 12.2 Å². The van der Waals surface area contributed by atoms with Gasteiger partial charge in [-0.1, -0.05) is 124 Å². The van der Waals surface area contributed by atoms with Crippen LogP contribution >= 0.6 is 0 Å². The molecule has 0 saturated heterocycles. The first-order chi connectivity index (χ1) is 20.3. The van der Waals surface area contributed by atoms with Crippen molar-refractivity contribution in [1.82, 2.24) is 0 Å². The molecule has 0 saturated carbocycles. The second-order valence-corrected chi connectivity index (χ2v) is 9.85. The molecule has 0 unspecified atom stereocenters. The van der Waals surface area contributed by atoms with Gasteiger partial charge in [0.05, 0.1) is 46.2 Å². The molecule has 0 aromatic heterocycles. The van der Waals surface area contributed by atoms with Crippen molar-refractivity contribution in [3.05, 3.63) is 108 Å². The number of carbonyl (C=O) groups excluding carboxylic acids is 1. The van der Waals surface area contributed by atoms with Crippen LogP contribution in [0.2, 0.25) is 0 Å². The van der Waals surface area contributed by atoms with Crippen LogP contribution in [-0.4, -0.2) is 58.8 Å². The molecule has 0 aliphatic rings. The molecule has 0 atom stereocenters. The fraction of sp³-hybridized carbons (Fsp3) is 0.457. The van der Waals surface area contributed by atoms with Gasteiger partial charge in [-0.15, -0.1) is 0 Å². The van der Waals surface area contributed by atoms with Crippen molar-refractivity contribution in [3.8, 4) is 0 Å². The summed E-state index contributed by atoms with van der Waals surface area (Å²) in [6.07, 6.45) is 6.09. The van der Waals surface area contributed by atoms with Gasteiger partial charge in [0.2, 0.25) is 0 Å². The van der Waals surface area contributed by atoms with Gasteiger partial charge in [-0.3, -0.25) is 4.79 Å². The Balaban J connectivity index is 1.32. The average molecular weight is 563 g/mol. The van der Waals surface area contributed by atoms with Crippen LogP contribution in [0.5, 0.6) is 0 Å². The molecule has 3 rings (SSSR count). The molecule has 0 aliphatic carbocycles. The quantitative estimate of drug-likeness (QED) is 0.0750. The summed E-state index contributed by atoms with van der Waals surface area (Å²) in [5.41, 5.74) is 2.46. The smallest absolute Gasteiger partial charge is 0.305 e. The number of benzene rings is 3. The Morgan fingerprint density at radius 1 is 0.537 bits per heavy atom. The first kappa shape index (κ1) is 32.5. The third-order valence-electron chi connectivity index (χ3n) is 6.81. The second kappa shape index (κ2) is 19.9. The molecule has 0 amide bonds. The standard InChI is InChI=1S/C35H46O6/c1-2-3-4-5-15-22-34(36)40-29-27-38-25-23-37-24-26-39-28-30-41-35(31-16-9-6-10-17-31,32-18-11-7-12-19-32)33-20-13-8-14-21-33/h6-14,16-21H,2-5,15,22-30H2,1H3. The topological polar surface area (TPSA) is 63.2 Å². The summed E-state index contributed by atoms with van der Waals surface area (Å²) in [6.45, 7) is 5.55. The molecule has 3 aromatic carbocycles. The highest BCUT2D eigenvalue weighted by Crippen LogP contribution is 2.40. The summed E-state index contributed by atoms with van der Waals surface area (Å²) in [7, 11) is 0. The zero-order chi connectivity index (χ0) is 28.9. The highest BCUT2D eigenvalue weighted by atomic mass is 16.6. The zero-order valence-electron chi connectivity index (χ0n) is 24.5. The van der Waals surface area contributed by atoms with E-state index in [9.17, 15) is 4.79 Å². The maximum atomic E-state index is 11.7. The van der Waals surface area contributed by atoms with E-state index < -0.39 is 5.60 Å². The molecule has 222 valence electrons. The summed E-state index contributed by atoms with van der Waals surface area (Å²) >= 11 is 0. The molecule has 41 heavy (non-hydrogen) atoms. The van der Waals surface area contributed by atoms with Crippen LogP contribution in [0.15, 0.2) is 91.0 Å². The Morgan fingerprint density at radius 2 is 0.951 bits per heavy atom. The van der Waals surface area contributed by atoms with E-state index in [4.69, 9.17) is 23.7 Å². The van der Waals surface area contributed by atoms with Crippen LogP contribution in [0.25, 0.3) is 0 Å². The summed E-state index contributed by atoms with van der Waals surface area (Å²) < 4.78 is 28.8. The predicted molar refractivity (Wildman–Crippen MR) is 162 cm³/mol. The van der Waals surface area contributed by atoms with Gasteiger partial charge >= 0.3 is 5.97 Å². The molecule has 6 heteroatoms. The van der Waals surface area contributed by atoms with Crippen molar-refractivity contribution in [2.75, 3.05) is 52.9 Å². The van der Waals surface area contributed by atoms with E-state index in [0.29, 0.717) is 52.7 Å². The fourth-order valence-electron chi connectivity index (χ4n) is 4.72. The van der Waals surface area contributed by atoms with E-state index in [1.807, 2.05) is 54.6 Å². The number of esters is 1. The molecule has 0 spiro atoms. The molecule has 0 fully saturated rings. The Kier molecular flexibility index (Phi) is 15.8. The van der Waals surface area contributed by atoms with Gasteiger partial charge in [0, 0.05) is 6.42 Å². The van der Waals surface area contributed by atoms with Gasteiger partial charge in [-0.2, -0.15) is 0 Å².